The number of nitrogens with one attached hydrogen (secondary N) is 1. The van der Waals surface area contributed by atoms with Crippen LogP contribution < -0.4 is 19.5 Å². The number of likely N-dealkylation sites (tertiary alicyclic amines) is 1. The van der Waals surface area contributed by atoms with E-state index in [1.165, 1.54) is 12.1 Å². The van der Waals surface area contributed by atoms with Crippen molar-refractivity contribution in [3.05, 3.63) is 94.3 Å². The van der Waals surface area contributed by atoms with Crippen LogP contribution in [0.2, 0.25) is 0 Å². The van der Waals surface area contributed by atoms with Crippen molar-refractivity contribution < 1.29 is 23.4 Å². The van der Waals surface area contributed by atoms with E-state index < -0.39 is 0 Å². The lowest BCUT2D eigenvalue weighted by Crippen LogP contribution is -2.32. The molecule has 4 rings (SSSR count). The Morgan fingerprint density at radius 2 is 1.74 bits per heavy atom. The molecule has 0 aromatic heterocycles. The van der Waals surface area contributed by atoms with Gasteiger partial charge in [0.2, 0.25) is 5.75 Å². The van der Waals surface area contributed by atoms with Gasteiger partial charge in [-0.2, -0.15) is 0 Å². The van der Waals surface area contributed by atoms with Gasteiger partial charge in [0.25, 0.3) is 5.91 Å². The maximum atomic E-state index is 13.6. The quantitative estimate of drug-likeness (QED) is 0.334. The van der Waals surface area contributed by atoms with Crippen LogP contribution in [-0.4, -0.2) is 51.3 Å². The van der Waals surface area contributed by atoms with Crippen molar-refractivity contribution in [1.82, 2.24) is 10.2 Å². The van der Waals surface area contributed by atoms with Crippen molar-refractivity contribution in [1.29, 1.82) is 0 Å². The normalized spacial score (nSPS) is 15.7. The molecule has 7 heteroatoms. The third kappa shape index (κ3) is 6.98. The highest BCUT2D eigenvalue weighted by molar-refractivity contribution is 5.97. The first-order chi connectivity index (χ1) is 18.9. The molecule has 0 bridgehead atoms. The number of carbonyl (C=O) groups excluding carboxylic acids is 1. The number of halogens is 1. The molecular weight excluding hydrogens is 495 g/mol. The molecule has 39 heavy (non-hydrogen) atoms. The van der Waals surface area contributed by atoms with Gasteiger partial charge < -0.3 is 19.5 Å². The summed E-state index contributed by atoms with van der Waals surface area (Å²) in [5.41, 5.74) is 4.46. The molecule has 3 aromatic rings. The molecule has 1 aliphatic rings. The highest BCUT2D eigenvalue weighted by Crippen LogP contribution is 2.43. The van der Waals surface area contributed by atoms with Crippen molar-refractivity contribution in [2.45, 2.75) is 38.8 Å². The Morgan fingerprint density at radius 1 is 1.03 bits per heavy atom. The highest BCUT2D eigenvalue weighted by Gasteiger charge is 2.30. The summed E-state index contributed by atoms with van der Waals surface area (Å²) in [7, 11) is 4.70. The molecule has 1 saturated heterocycles. The largest absolute Gasteiger partial charge is 0.493 e. The Hall–Kier alpha value is -3.84. The van der Waals surface area contributed by atoms with Crippen LogP contribution in [0.1, 0.15) is 46.8 Å². The fraction of sp³-hybridized carbons (Fsp3) is 0.344. The topological polar surface area (TPSA) is 60.0 Å². The fourth-order valence-electron chi connectivity index (χ4n) is 5.22. The highest BCUT2D eigenvalue weighted by atomic mass is 19.1. The van der Waals surface area contributed by atoms with Crippen molar-refractivity contribution >= 4 is 12.0 Å². The van der Waals surface area contributed by atoms with Gasteiger partial charge in [-0.15, -0.1) is 0 Å². The fourth-order valence-corrected chi connectivity index (χ4v) is 5.22. The monoisotopic (exact) mass is 532 g/mol. The summed E-state index contributed by atoms with van der Waals surface area (Å²) in [6.45, 7) is 4.05. The maximum absolute atomic E-state index is 13.6. The lowest BCUT2D eigenvalue weighted by molar-refractivity contribution is 0.0954. The van der Waals surface area contributed by atoms with Crippen LogP contribution in [0.4, 0.5) is 4.39 Å². The molecule has 0 saturated carbocycles. The van der Waals surface area contributed by atoms with E-state index in [9.17, 15) is 9.18 Å². The van der Waals surface area contributed by atoms with Crippen LogP contribution in [0.3, 0.4) is 0 Å². The van der Waals surface area contributed by atoms with E-state index in [1.54, 1.807) is 27.4 Å². The maximum Gasteiger partial charge on any atom is 0.252 e. The first kappa shape index (κ1) is 28.2. The Kier molecular flexibility index (Phi) is 9.60. The van der Waals surface area contributed by atoms with E-state index in [0.717, 1.165) is 41.6 Å². The summed E-state index contributed by atoms with van der Waals surface area (Å²) in [6.07, 6.45) is 4.69. The zero-order chi connectivity index (χ0) is 27.8. The van der Waals surface area contributed by atoms with E-state index in [-0.39, 0.29) is 17.8 Å². The average molecular weight is 533 g/mol. The summed E-state index contributed by atoms with van der Waals surface area (Å²) in [5, 5.41) is 3.07. The van der Waals surface area contributed by atoms with Crippen LogP contribution in [0.25, 0.3) is 6.08 Å². The molecule has 0 unspecified atom stereocenters. The molecule has 1 N–H and O–H groups in total. The number of hydrogen-bond acceptors (Lipinski definition) is 5. The van der Waals surface area contributed by atoms with Crippen LogP contribution >= 0.6 is 0 Å². The van der Waals surface area contributed by atoms with Gasteiger partial charge in [-0.25, -0.2) is 4.39 Å². The smallest absolute Gasteiger partial charge is 0.252 e. The molecule has 1 heterocycles. The zero-order valence-corrected chi connectivity index (χ0v) is 23.1. The van der Waals surface area contributed by atoms with E-state index in [0.29, 0.717) is 42.3 Å². The lowest BCUT2D eigenvalue weighted by atomic mass is 9.95. The first-order valence-corrected chi connectivity index (χ1v) is 13.2. The van der Waals surface area contributed by atoms with Crippen LogP contribution in [0.15, 0.2) is 66.2 Å². The summed E-state index contributed by atoms with van der Waals surface area (Å²) in [4.78, 5) is 16.0. The van der Waals surface area contributed by atoms with Crippen molar-refractivity contribution in [2.75, 3.05) is 34.4 Å². The third-order valence-electron chi connectivity index (χ3n) is 7.16. The van der Waals surface area contributed by atoms with Crippen LogP contribution in [0.5, 0.6) is 17.2 Å². The standard InChI is InChI=1S/C32H37FN2O4/c1-22(17-23-9-6-5-7-10-23)20-34-32(36)28-19-29(37-2)31(39-4)30(38-3)27(28)18-26-11-8-16-35(26)21-24-12-14-25(33)15-13-24/h5-7,9-10,12-15,17,19,26H,8,11,16,18,20-21H2,1-4H3,(H,34,36)/t26-/m0/s1. The number of hydrogen-bond donors (Lipinski definition) is 1. The molecule has 1 amide bonds. The van der Waals surface area contributed by atoms with Gasteiger partial charge in [0.1, 0.15) is 5.82 Å². The predicted octanol–water partition coefficient (Wildman–Crippen LogP) is 5.89. The van der Waals surface area contributed by atoms with Gasteiger partial charge in [-0.3, -0.25) is 9.69 Å². The summed E-state index contributed by atoms with van der Waals surface area (Å²) < 4.78 is 30.5. The Bertz CT molecular complexity index is 1290. The predicted molar refractivity (Wildman–Crippen MR) is 152 cm³/mol. The zero-order valence-electron chi connectivity index (χ0n) is 23.1. The molecule has 0 radical (unpaired) electrons. The molecule has 0 spiro atoms. The van der Waals surface area contributed by atoms with Crippen molar-refractivity contribution in [2.24, 2.45) is 0 Å². The second kappa shape index (κ2) is 13.3. The molecule has 1 atom stereocenters. The Balaban J connectivity index is 1.61. The SMILES string of the molecule is COc1cc(C(=O)NCC(C)=Cc2ccccc2)c(C[C@@H]2CCCN2Cc2ccc(F)cc2)c(OC)c1OC. The van der Waals surface area contributed by atoms with E-state index in [1.807, 2.05) is 49.4 Å². The molecule has 1 aliphatic heterocycles. The molecule has 6 nitrogen and oxygen atoms in total. The van der Waals surface area contributed by atoms with Gasteiger partial charge >= 0.3 is 0 Å². The van der Waals surface area contributed by atoms with Gasteiger partial charge in [-0.1, -0.05) is 54.1 Å². The minimum atomic E-state index is -0.240. The van der Waals surface area contributed by atoms with Gasteiger partial charge in [0.05, 0.1) is 26.9 Å². The Morgan fingerprint density at radius 3 is 2.41 bits per heavy atom. The number of ether oxygens (including phenoxy) is 3. The van der Waals surface area contributed by atoms with E-state index in [2.05, 4.69) is 16.3 Å². The lowest BCUT2D eigenvalue weighted by Gasteiger charge is -2.27. The van der Waals surface area contributed by atoms with Crippen molar-refractivity contribution in [3.8, 4) is 17.2 Å². The number of methoxy groups -OCH3 is 3. The number of rotatable bonds is 11. The number of carbonyl (C=O) groups is 1. The summed E-state index contributed by atoms with van der Waals surface area (Å²) in [5.74, 6) is 0.973. The average Bonchev–Trinajstić information content (AvgIpc) is 3.39. The van der Waals surface area contributed by atoms with Gasteiger partial charge in [0, 0.05) is 24.7 Å². The molecule has 1 fully saturated rings. The second-order valence-corrected chi connectivity index (χ2v) is 9.85. The number of benzene rings is 3. The van der Waals surface area contributed by atoms with Crippen LogP contribution in [-0.2, 0) is 13.0 Å². The summed E-state index contributed by atoms with van der Waals surface area (Å²) in [6, 6.07) is 18.6. The molecule has 3 aromatic carbocycles. The Labute approximate surface area is 230 Å². The van der Waals surface area contributed by atoms with E-state index in [4.69, 9.17) is 14.2 Å². The van der Waals surface area contributed by atoms with Crippen molar-refractivity contribution in [3.63, 3.8) is 0 Å². The molecular formula is C32H37FN2O4. The molecule has 206 valence electrons. The van der Waals surface area contributed by atoms with E-state index >= 15 is 0 Å². The second-order valence-electron chi connectivity index (χ2n) is 9.85. The summed E-state index contributed by atoms with van der Waals surface area (Å²) >= 11 is 0. The molecule has 0 aliphatic carbocycles. The van der Waals surface area contributed by atoms with Gasteiger partial charge in [0.15, 0.2) is 11.5 Å². The number of amides is 1. The third-order valence-corrected chi connectivity index (χ3v) is 7.16. The minimum absolute atomic E-state index is 0.188. The van der Waals surface area contributed by atoms with Crippen LogP contribution in [0, 0.1) is 5.82 Å². The van der Waals surface area contributed by atoms with Gasteiger partial charge in [-0.05, 0) is 62.1 Å². The first-order valence-electron chi connectivity index (χ1n) is 13.2. The minimum Gasteiger partial charge on any atom is -0.493 e. The number of nitrogens with zero attached hydrogens (tertiary/aromatic N) is 1.